The van der Waals surface area contributed by atoms with Gasteiger partial charge in [-0.05, 0) is 38.0 Å². The van der Waals surface area contributed by atoms with E-state index < -0.39 is 0 Å². The van der Waals surface area contributed by atoms with Gasteiger partial charge in [-0.1, -0.05) is 5.10 Å². The second-order valence-corrected chi connectivity index (χ2v) is 5.92. The fourth-order valence-corrected chi connectivity index (χ4v) is 2.94. The van der Waals surface area contributed by atoms with Crippen LogP contribution in [0.3, 0.4) is 0 Å². The van der Waals surface area contributed by atoms with Crippen molar-refractivity contribution in [3.8, 4) is 0 Å². The van der Waals surface area contributed by atoms with Crippen LogP contribution in [0, 0.1) is 0 Å². The third-order valence-electron chi connectivity index (χ3n) is 4.16. The molecule has 0 atom stereocenters. The molecule has 0 unspecified atom stereocenters. The lowest BCUT2D eigenvalue weighted by Gasteiger charge is -2.19. The molecule has 7 heteroatoms. The van der Waals surface area contributed by atoms with Gasteiger partial charge in [-0.2, -0.15) is 0 Å². The van der Waals surface area contributed by atoms with Gasteiger partial charge < -0.3 is 10.2 Å². The number of carbonyl (C=O) groups is 1. The highest BCUT2D eigenvalue weighted by atomic mass is 16.1. The van der Waals surface area contributed by atoms with E-state index in [9.17, 15) is 4.79 Å². The molecule has 3 N–H and O–H groups in total. The van der Waals surface area contributed by atoms with E-state index >= 15 is 0 Å². The van der Waals surface area contributed by atoms with Gasteiger partial charge in [0.25, 0.3) is 0 Å². The molecule has 2 aliphatic rings. The molecule has 0 bridgehead atoms. The molecular formula is C17H23N6O+. The maximum absolute atomic E-state index is 11.6. The third kappa shape index (κ3) is 3.29. The Kier molecular flexibility index (Phi) is 4.59. The summed E-state index contributed by atoms with van der Waals surface area (Å²) >= 11 is 0. The number of hydrogen-bond donors (Lipinski definition) is 2. The van der Waals surface area contributed by atoms with Crippen molar-refractivity contribution >= 4 is 40.7 Å². The standard InChI is InChI=1S/C17H22N6O/c1-3-23-17(18)16(11-19-23)21-14-7-6-13(22-8-4-5-9-22)10-15(14)20-12(2)24/h6-7,10-11H,3-5,8-9H2,1-2H3,(H2,18,19,20,24)/p+1. The minimum absolute atomic E-state index is 0.123. The summed E-state index contributed by atoms with van der Waals surface area (Å²) in [6, 6.07) is 5.93. The molecule has 1 aromatic rings. The molecular weight excluding hydrogens is 304 g/mol. The first-order valence-corrected chi connectivity index (χ1v) is 8.28. The minimum Gasteiger partial charge on any atom is -0.371 e. The number of benzene rings is 1. The smallest absolute Gasteiger partial charge is 0.321 e. The number of amides is 1. The summed E-state index contributed by atoms with van der Waals surface area (Å²) in [5.74, 6) is 0.400. The molecule has 24 heavy (non-hydrogen) atoms. The molecule has 0 aromatic heterocycles. The number of hydrazone groups is 1. The molecule has 7 nitrogen and oxygen atoms in total. The highest BCUT2D eigenvalue weighted by Gasteiger charge is 2.21. The van der Waals surface area contributed by atoms with E-state index in [0.717, 1.165) is 18.8 Å². The molecule has 126 valence electrons. The van der Waals surface area contributed by atoms with Gasteiger partial charge in [0.15, 0.2) is 5.71 Å². The van der Waals surface area contributed by atoms with E-state index in [1.54, 1.807) is 10.9 Å². The summed E-state index contributed by atoms with van der Waals surface area (Å²) < 4.78 is 1.69. The van der Waals surface area contributed by atoms with Crippen molar-refractivity contribution in [2.24, 2.45) is 15.8 Å². The Labute approximate surface area is 141 Å². The van der Waals surface area contributed by atoms with Gasteiger partial charge in [-0.15, -0.1) is 4.68 Å². The van der Waals surface area contributed by atoms with Crippen LogP contribution >= 0.6 is 0 Å². The van der Waals surface area contributed by atoms with Crippen molar-refractivity contribution in [2.45, 2.75) is 26.7 Å². The SMILES string of the molecule is CC[N+]1=C(N)C(=Nc2ccc(N3CCCC3)cc2NC(C)=O)C=N1. The first-order valence-electron chi connectivity index (χ1n) is 8.28. The van der Waals surface area contributed by atoms with Crippen molar-refractivity contribution in [3.05, 3.63) is 18.2 Å². The zero-order valence-corrected chi connectivity index (χ0v) is 14.1. The van der Waals surface area contributed by atoms with Crippen LogP contribution in [-0.4, -0.2) is 48.0 Å². The molecule has 1 amide bonds. The Balaban J connectivity index is 1.96. The van der Waals surface area contributed by atoms with Gasteiger partial charge in [0.1, 0.15) is 12.8 Å². The van der Waals surface area contributed by atoms with Gasteiger partial charge in [0.2, 0.25) is 5.91 Å². The molecule has 0 saturated carbocycles. The second-order valence-electron chi connectivity index (χ2n) is 5.92. The molecule has 1 fully saturated rings. The molecule has 1 aromatic carbocycles. The van der Waals surface area contributed by atoms with E-state index in [0.29, 0.717) is 29.5 Å². The molecule has 0 spiro atoms. The zero-order valence-electron chi connectivity index (χ0n) is 14.1. The maximum atomic E-state index is 11.6. The first kappa shape index (κ1) is 16.2. The van der Waals surface area contributed by atoms with Crippen molar-refractivity contribution in [1.29, 1.82) is 0 Å². The Morgan fingerprint density at radius 2 is 2.17 bits per heavy atom. The van der Waals surface area contributed by atoms with Gasteiger partial charge in [-0.25, -0.2) is 4.99 Å². The van der Waals surface area contributed by atoms with Gasteiger partial charge in [0, 0.05) is 25.7 Å². The Morgan fingerprint density at radius 1 is 1.42 bits per heavy atom. The first-order chi connectivity index (χ1) is 11.6. The topological polar surface area (TPSA) is 86.1 Å². The van der Waals surface area contributed by atoms with Crippen LogP contribution in [-0.2, 0) is 4.79 Å². The van der Waals surface area contributed by atoms with Crippen LogP contribution in [0.15, 0.2) is 28.3 Å². The van der Waals surface area contributed by atoms with E-state index in [2.05, 4.69) is 20.3 Å². The number of amidine groups is 1. The van der Waals surface area contributed by atoms with Crippen LogP contribution in [0.25, 0.3) is 0 Å². The van der Waals surface area contributed by atoms with Crippen molar-refractivity contribution in [2.75, 3.05) is 29.9 Å². The number of nitrogens with two attached hydrogens (primary N) is 1. The number of hydrogen-bond acceptors (Lipinski definition) is 5. The maximum Gasteiger partial charge on any atom is 0.321 e. The number of rotatable bonds is 4. The molecule has 2 heterocycles. The van der Waals surface area contributed by atoms with Crippen LogP contribution in [0.5, 0.6) is 0 Å². The van der Waals surface area contributed by atoms with Crippen LogP contribution in [0.4, 0.5) is 17.1 Å². The van der Waals surface area contributed by atoms with Gasteiger partial charge in [-0.3, -0.25) is 10.5 Å². The lowest BCUT2D eigenvalue weighted by atomic mass is 10.2. The predicted octanol–water partition coefficient (Wildman–Crippen LogP) is 1.71. The average Bonchev–Trinajstić information content (AvgIpc) is 3.19. The largest absolute Gasteiger partial charge is 0.371 e. The Morgan fingerprint density at radius 3 is 2.79 bits per heavy atom. The molecule has 1 saturated heterocycles. The van der Waals surface area contributed by atoms with Crippen molar-refractivity contribution in [3.63, 3.8) is 0 Å². The van der Waals surface area contributed by atoms with Crippen LogP contribution < -0.4 is 16.0 Å². The van der Waals surface area contributed by atoms with Crippen LogP contribution in [0.1, 0.15) is 26.7 Å². The molecule has 3 rings (SSSR count). The fourth-order valence-electron chi connectivity index (χ4n) is 2.94. The Hall–Kier alpha value is -2.70. The molecule has 2 aliphatic heterocycles. The summed E-state index contributed by atoms with van der Waals surface area (Å²) in [6.45, 7) is 6.25. The van der Waals surface area contributed by atoms with E-state index in [4.69, 9.17) is 5.73 Å². The van der Waals surface area contributed by atoms with Crippen molar-refractivity contribution < 1.29 is 9.48 Å². The Bertz CT molecular complexity index is 743. The van der Waals surface area contributed by atoms with E-state index in [1.807, 2.05) is 25.1 Å². The monoisotopic (exact) mass is 327 g/mol. The summed E-state index contributed by atoms with van der Waals surface area (Å²) in [7, 11) is 0. The highest BCUT2D eigenvalue weighted by Crippen LogP contribution is 2.32. The van der Waals surface area contributed by atoms with Crippen molar-refractivity contribution in [1.82, 2.24) is 0 Å². The predicted molar refractivity (Wildman–Crippen MR) is 97.8 cm³/mol. The lowest BCUT2D eigenvalue weighted by Crippen LogP contribution is -2.28. The van der Waals surface area contributed by atoms with Gasteiger partial charge in [0.05, 0.1) is 11.4 Å². The number of aliphatic imine (C=N–C) groups is 1. The number of nitrogens with one attached hydrogen (secondary N) is 1. The third-order valence-corrected chi connectivity index (χ3v) is 4.16. The van der Waals surface area contributed by atoms with E-state index in [1.165, 1.54) is 19.8 Å². The summed E-state index contributed by atoms with van der Waals surface area (Å²) in [6.07, 6.45) is 4.05. The van der Waals surface area contributed by atoms with E-state index in [-0.39, 0.29) is 5.91 Å². The zero-order chi connectivity index (χ0) is 17.1. The fraction of sp³-hybridized carbons (Fsp3) is 0.412. The number of anilines is 2. The minimum atomic E-state index is -0.123. The second kappa shape index (κ2) is 6.82. The van der Waals surface area contributed by atoms with Crippen LogP contribution in [0.2, 0.25) is 0 Å². The highest BCUT2D eigenvalue weighted by molar-refractivity contribution is 6.62. The number of carbonyl (C=O) groups excluding carboxylic acids is 1. The lowest BCUT2D eigenvalue weighted by molar-refractivity contribution is -0.526. The normalized spacial score (nSPS) is 18.8. The average molecular weight is 327 g/mol. The quantitative estimate of drug-likeness (QED) is 0.825. The van der Waals surface area contributed by atoms with Gasteiger partial charge >= 0.3 is 5.84 Å². The molecule has 0 radical (unpaired) electrons. The summed E-state index contributed by atoms with van der Waals surface area (Å²) in [5, 5.41) is 7.07. The molecule has 0 aliphatic carbocycles. The summed E-state index contributed by atoms with van der Waals surface area (Å²) in [4.78, 5) is 18.5. The summed E-state index contributed by atoms with van der Waals surface area (Å²) in [5.41, 5.74) is 9.13. The number of nitrogens with zero attached hydrogens (tertiary/aromatic N) is 4.